The minimum atomic E-state index is -1.48. The van der Waals surface area contributed by atoms with Crippen LogP contribution in [-0.4, -0.2) is 119 Å². The predicted octanol–water partition coefficient (Wildman–Crippen LogP) is 12.3. The number of likely N-dealkylation sites (tertiary alicyclic amines) is 1. The first-order valence-corrected chi connectivity index (χ1v) is 30.3. The minimum absolute atomic E-state index is 0.0165. The van der Waals surface area contributed by atoms with Gasteiger partial charge in [-0.15, -0.1) is 0 Å². The second-order valence-corrected chi connectivity index (χ2v) is 22.1. The van der Waals surface area contributed by atoms with Gasteiger partial charge < -0.3 is 43.4 Å². The van der Waals surface area contributed by atoms with Crippen LogP contribution < -0.4 is 5.32 Å². The van der Waals surface area contributed by atoms with Crippen molar-refractivity contribution in [2.75, 3.05) is 65.8 Å². The molecular weight excluding hydrogens is 985 g/mol. The molecule has 1 amide bonds. The summed E-state index contributed by atoms with van der Waals surface area (Å²) in [6.45, 7) is 8.73. The molecule has 3 aliphatic rings. The first kappa shape index (κ1) is 66.8. The number of alkyl carbamates (subject to hydrolysis) is 1. The lowest BCUT2D eigenvalue weighted by molar-refractivity contribution is -0.176. The molecule has 1 N–H and O–H groups in total. The number of hydrogen-bond acceptors (Lipinski definition) is 15. The van der Waals surface area contributed by atoms with Crippen LogP contribution in [0.2, 0.25) is 0 Å². The molecule has 3 fully saturated rings. The Morgan fingerprint density at radius 2 is 1.03 bits per heavy atom. The zero-order valence-corrected chi connectivity index (χ0v) is 48.0. The quantitative estimate of drug-likeness (QED) is 0.0261. The summed E-state index contributed by atoms with van der Waals surface area (Å²) in [4.78, 5) is 94.6. The van der Waals surface area contributed by atoms with Crippen LogP contribution in [0.25, 0.3) is 0 Å². The number of hydrogen-bond donors (Lipinski definition) is 1. The number of amides is 1. The summed E-state index contributed by atoms with van der Waals surface area (Å²) < 4.78 is 40.3. The number of esters is 6. The van der Waals surface area contributed by atoms with Crippen LogP contribution in [0.15, 0.2) is 24.3 Å². The Morgan fingerprint density at radius 1 is 0.532 bits per heavy atom. The first-order valence-electron chi connectivity index (χ1n) is 30.3. The molecule has 16 heteroatoms. The van der Waals surface area contributed by atoms with Gasteiger partial charge in [0.2, 0.25) is 0 Å². The fourth-order valence-electron chi connectivity index (χ4n) is 10.3. The van der Waals surface area contributed by atoms with Gasteiger partial charge in [-0.1, -0.05) is 103 Å². The standard InChI is InChI=1S/C61H102N2O14/c1-4-7-10-13-15-17-26-44-71-53(64)31-20-22-33-55(66)73-47-60(50-76-58(69)61-38-28-29-51(46-61)37-39-61,48-74-56(67)34-23-21-32-54(65)72-45-27-18-16-14-11-8-5-2)49-75-57(68)36-35-52(30-19-12-9-6-3)77-59(70)62-40-43-63-41-24-25-42-63/h15-18,51-52H,4-14,19-50H2,1-3H3,(H,62,70)/b17-15-,18-16-. The van der Waals surface area contributed by atoms with Gasteiger partial charge in [0.1, 0.15) is 37.9 Å². The Morgan fingerprint density at radius 3 is 1.57 bits per heavy atom. The highest BCUT2D eigenvalue weighted by Gasteiger charge is 2.49. The summed E-state index contributed by atoms with van der Waals surface area (Å²) in [7, 11) is 0. The molecule has 1 aliphatic heterocycles. The molecule has 440 valence electrons. The fourth-order valence-corrected chi connectivity index (χ4v) is 10.3. The third kappa shape index (κ3) is 31.1. The third-order valence-electron chi connectivity index (χ3n) is 15.2. The Labute approximate surface area is 462 Å². The third-order valence-corrected chi connectivity index (χ3v) is 15.2. The lowest BCUT2D eigenvalue weighted by Gasteiger charge is -2.35. The van der Waals surface area contributed by atoms with E-state index in [9.17, 15) is 33.6 Å². The average Bonchev–Trinajstić information content (AvgIpc) is 4.08. The highest BCUT2D eigenvalue weighted by atomic mass is 16.6. The van der Waals surface area contributed by atoms with Crippen molar-refractivity contribution in [3.63, 3.8) is 0 Å². The number of allylic oxidation sites excluding steroid dienone is 2. The van der Waals surface area contributed by atoms with Gasteiger partial charge in [-0.05, 0) is 141 Å². The van der Waals surface area contributed by atoms with Crippen LogP contribution in [-0.2, 0) is 61.9 Å². The minimum Gasteiger partial charge on any atom is -0.465 e. The van der Waals surface area contributed by atoms with E-state index in [-0.39, 0.29) is 63.0 Å². The Bertz CT molecular complexity index is 1680. The lowest BCUT2D eigenvalue weighted by Crippen LogP contribution is -2.45. The van der Waals surface area contributed by atoms with E-state index in [2.05, 4.69) is 43.1 Å². The Balaban J connectivity index is 1.67. The number of carbonyl (C=O) groups is 7. The summed E-state index contributed by atoms with van der Waals surface area (Å²) in [6, 6.07) is 0. The van der Waals surface area contributed by atoms with Crippen molar-refractivity contribution in [3.05, 3.63) is 24.3 Å². The van der Waals surface area contributed by atoms with Crippen molar-refractivity contribution < 1.29 is 66.7 Å². The first-order chi connectivity index (χ1) is 37.4. The average molecular weight is 1090 g/mol. The highest BCUT2D eigenvalue weighted by molar-refractivity contribution is 5.77. The normalized spacial score (nSPS) is 17.8. The molecule has 2 bridgehead atoms. The molecule has 3 atom stereocenters. The Kier molecular flexibility index (Phi) is 36.1. The largest absolute Gasteiger partial charge is 0.465 e. The molecular formula is C61H102N2O14. The summed E-state index contributed by atoms with van der Waals surface area (Å²) in [5.74, 6) is -2.35. The molecule has 2 saturated carbocycles. The molecule has 2 aliphatic carbocycles. The maximum Gasteiger partial charge on any atom is 0.407 e. The van der Waals surface area contributed by atoms with Gasteiger partial charge in [-0.3, -0.25) is 28.8 Å². The van der Waals surface area contributed by atoms with Crippen LogP contribution in [0.1, 0.15) is 233 Å². The maximum atomic E-state index is 14.0. The van der Waals surface area contributed by atoms with E-state index < -0.39 is 60.8 Å². The molecule has 16 nitrogen and oxygen atoms in total. The van der Waals surface area contributed by atoms with Crippen LogP contribution >= 0.6 is 0 Å². The van der Waals surface area contributed by atoms with Crippen molar-refractivity contribution in [1.29, 1.82) is 0 Å². The van der Waals surface area contributed by atoms with Crippen molar-refractivity contribution >= 4 is 41.9 Å². The number of unbranched alkanes of at least 4 members (excludes halogenated alkanes) is 11. The number of ether oxygens (including phenoxy) is 7. The predicted molar refractivity (Wildman–Crippen MR) is 296 cm³/mol. The SMILES string of the molecule is CCCCC/C=C\CCOC(=O)CCCCC(=O)OCC(COC(=O)CCCCC(=O)OCC/C=C\CCCCC)(COC(=O)CCC(CCCCCC)OC(=O)NCCN1CCCC1)COC(=O)C12CCCC(CC1)C2. The van der Waals surface area contributed by atoms with Crippen LogP contribution in [0.4, 0.5) is 4.79 Å². The zero-order valence-electron chi connectivity index (χ0n) is 48.0. The maximum absolute atomic E-state index is 14.0. The van der Waals surface area contributed by atoms with Crippen molar-refractivity contribution in [1.82, 2.24) is 10.2 Å². The summed E-state index contributed by atoms with van der Waals surface area (Å²) >= 11 is 0. The van der Waals surface area contributed by atoms with E-state index in [1.165, 1.54) is 25.7 Å². The highest BCUT2D eigenvalue weighted by Crippen LogP contribution is 2.52. The summed E-state index contributed by atoms with van der Waals surface area (Å²) in [5, 5.41) is 2.86. The van der Waals surface area contributed by atoms with Crippen molar-refractivity contribution in [3.8, 4) is 0 Å². The number of nitrogens with zero attached hydrogens (tertiary/aromatic N) is 1. The van der Waals surface area contributed by atoms with Gasteiger partial charge in [0.05, 0.1) is 18.6 Å². The molecule has 0 spiro atoms. The van der Waals surface area contributed by atoms with Crippen molar-refractivity contribution in [2.45, 2.75) is 239 Å². The fraction of sp³-hybridized carbons (Fsp3) is 0.820. The van der Waals surface area contributed by atoms with E-state index in [1.54, 1.807) is 0 Å². The van der Waals surface area contributed by atoms with Crippen LogP contribution in [0, 0.1) is 16.7 Å². The van der Waals surface area contributed by atoms with E-state index in [0.717, 1.165) is 110 Å². The molecule has 0 aromatic heterocycles. The van der Waals surface area contributed by atoms with E-state index >= 15 is 0 Å². The van der Waals surface area contributed by atoms with Gasteiger partial charge >= 0.3 is 41.9 Å². The van der Waals surface area contributed by atoms with Crippen LogP contribution in [0.5, 0.6) is 0 Å². The molecule has 0 aromatic rings. The number of rotatable bonds is 45. The lowest BCUT2D eigenvalue weighted by atomic mass is 9.76. The van der Waals surface area contributed by atoms with E-state index in [0.29, 0.717) is 83.5 Å². The molecule has 1 heterocycles. The summed E-state index contributed by atoms with van der Waals surface area (Å²) in [5.41, 5.74) is -2.10. The molecule has 0 radical (unpaired) electrons. The molecule has 0 aromatic carbocycles. The van der Waals surface area contributed by atoms with Crippen molar-refractivity contribution in [2.24, 2.45) is 16.7 Å². The monoisotopic (exact) mass is 1090 g/mol. The van der Waals surface area contributed by atoms with Gasteiger partial charge in [0.25, 0.3) is 0 Å². The van der Waals surface area contributed by atoms with Gasteiger partial charge in [0.15, 0.2) is 0 Å². The molecule has 3 unspecified atom stereocenters. The molecule has 77 heavy (non-hydrogen) atoms. The molecule has 3 rings (SSSR count). The second-order valence-electron chi connectivity index (χ2n) is 22.1. The topological polar surface area (TPSA) is 199 Å². The number of fused-ring (bicyclic) bond motifs is 2. The number of carbonyl (C=O) groups excluding carboxylic acids is 7. The van der Waals surface area contributed by atoms with Gasteiger partial charge in [-0.25, -0.2) is 4.79 Å². The van der Waals surface area contributed by atoms with E-state index in [1.807, 2.05) is 12.2 Å². The Hall–Kier alpha value is -4.47. The van der Waals surface area contributed by atoms with Crippen LogP contribution in [0.3, 0.4) is 0 Å². The van der Waals surface area contributed by atoms with Gasteiger partial charge in [0, 0.05) is 45.2 Å². The smallest absolute Gasteiger partial charge is 0.407 e. The zero-order chi connectivity index (χ0) is 55.7. The number of nitrogens with one attached hydrogen (secondary N) is 1. The molecule has 1 saturated heterocycles. The van der Waals surface area contributed by atoms with E-state index in [4.69, 9.17) is 33.2 Å². The second kappa shape index (κ2) is 41.6. The summed E-state index contributed by atoms with van der Waals surface area (Å²) in [6.07, 6.45) is 31.3. The van der Waals surface area contributed by atoms with Gasteiger partial charge in [-0.2, -0.15) is 0 Å².